The number of nitrogens with one attached hydrogen (secondary N) is 2. The van der Waals surface area contributed by atoms with Gasteiger partial charge in [0.15, 0.2) is 5.58 Å². The summed E-state index contributed by atoms with van der Waals surface area (Å²) in [5, 5.41) is 14.2. The molecule has 0 fully saturated rings. The van der Waals surface area contributed by atoms with E-state index in [4.69, 9.17) is 13.8 Å². The summed E-state index contributed by atoms with van der Waals surface area (Å²) in [5.74, 6) is 0.764. The van der Waals surface area contributed by atoms with Gasteiger partial charge in [-0.2, -0.15) is 0 Å². The summed E-state index contributed by atoms with van der Waals surface area (Å²) in [6.45, 7) is 0. The molecule has 6 aromatic carbocycles. The van der Waals surface area contributed by atoms with Gasteiger partial charge in [0.05, 0.1) is 6.20 Å². The first-order valence-electron chi connectivity index (χ1n) is 16.1. The first kappa shape index (κ1) is 26.9. The molecule has 10 rings (SSSR count). The van der Waals surface area contributed by atoms with E-state index in [1.165, 1.54) is 5.39 Å². The summed E-state index contributed by atoms with van der Waals surface area (Å²) in [6.07, 6.45) is 3.13. The van der Waals surface area contributed by atoms with Gasteiger partial charge in [-0.1, -0.05) is 115 Å². The molecule has 4 heterocycles. The van der Waals surface area contributed by atoms with Crippen molar-refractivity contribution < 1.29 is 8.83 Å². The summed E-state index contributed by atoms with van der Waals surface area (Å²) in [7, 11) is 0. The van der Waals surface area contributed by atoms with Gasteiger partial charge in [0.1, 0.15) is 34.9 Å². The fourth-order valence-corrected chi connectivity index (χ4v) is 7.34. The minimum absolute atomic E-state index is 0.249. The first-order valence-corrected chi connectivity index (χ1v) is 16.1. The number of furan rings is 2. The second kappa shape index (κ2) is 10.7. The second-order valence-corrected chi connectivity index (χ2v) is 12.2. The topological polar surface area (TPSA) is 75.6 Å². The summed E-state index contributed by atoms with van der Waals surface area (Å²) in [6, 6.07) is 46.2. The number of aliphatic imine (C=N–C) groups is 1. The van der Waals surface area contributed by atoms with E-state index in [1.807, 2.05) is 42.6 Å². The molecule has 2 atom stereocenters. The highest BCUT2D eigenvalue weighted by Gasteiger charge is 2.28. The molecule has 1 aliphatic rings. The van der Waals surface area contributed by atoms with Gasteiger partial charge in [-0.25, -0.2) is 4.99 Å². The summed E-state index contributed by atoms with van der Waals surface area (Å²) in [5.41, 5.74) is 8.78. The number of aromatic nitrogens is 1. The average Bonchev–Trinajstić information content (AvgIpc) is 3.73. The molecule has 6 heteroatoms. The van der Waals surface area contributed by atoms with Gasteiger partial charge in [-0.05, 0) is 51.2 Å². The molecule has 0 amide bonds. The van der Waals surface area contributed by atoms with Gasteiger partial charge < -0.3 is 14.2 Å². The van der Waals surface area contributed by atoms with E-state index in [0.29, 0.717) is 0 Å². The fourth-order valence-electron chi connectivity index (χ4n) is 7.34. The van der Waals surface area contributed by atoms with E-state index < -0.39 is 0 Å². The Labute approximate surface area is 275 Å². The Bertz CT molecular complexity index is 2710. The summed E-state index contributed by atoms with van der Waals surface area (Å²) >= 11 is 0. The van der Waals surface area contributed by atoms with Crippen LogP contribution in [0.2, 0.25) is 0 Å². The first-order chi connectivity index (χ1) is 23.8. The lowest BCUT2D eigenvalue weighted by Crippen LogP contribution is -2.45. The zero-order valence-electron chi connectivity index (χ0n) is 25.7. The molecule has 228 valence electrons. The van der Waals surface area contributed by atoms with E-state index in [1.54, 1.807) is 6.20 Å². The highest BCUT2D eigenvalue weighted by Crippen LogP contribution is 2.41. The van der Waals surface area contributed by atoms with Crippen molar-refractivity contribution >= 4 is 60.5 Å². The number of amidine groups is 1. The highest BCUT2D eigenvalue weighted by atomic mass is 16.3. The smallest absolute Gasteiger partial charge is 0.154 e. The molecular weight excluding hydrogens is 592 g/mol. The van der Waals surface area contributed by atoms with Crippen LogP contribution in [0.1, 0.15) is 29.0 Å². The van der Waals surface area contributed by atoms with Crippen LogP contribution in [-0.2, 0) is 0 Å². The number of benzene rings is 6. The van der Waals surface area contributed by atoms with Gasteiger partial charge in [-0.15, -0.1) is 0 Å². The number of para-hydroxylation sites is 2. The van der Waals surface area contributed by atoms with Crippen LogP contribution >= 0.6 is 0 Å². The zero-order chi connectivity index (χ0) is 31.6. The lowest BCUT2D eigenvalue weighted by atomic mass is 9.92. The number of rotatable bonds is 4. The molecule has 2 unspecified atom stereocenters. The largest absolute Gasteiger partial charge is 0.456 e. The minimum atomic E-state index is -0.287. The van der Waals surface area contributed by atoms with E-state index in [0.717, 1.165) is 82.9 Å². The third kappa shape index (κ3) is 4.16. The van der Waals surface area contributed by atoms with Crippen molar-refractivity contribution in [2.24, 2.45) is 4.99 Å². The monoisotopic (exact) mass is 620 g/mol. The highest BCUT2D eigenvalue weighted by molar-refractivity contribution is 6.18. The standard InChI is InChI=1S/C42H28N4O2/c1-2-11-25(12-3-1)40-44-41(46-42(45-40)33-23-43-24-37-39(33)32-14-5-7-21-35(32)48-37)30-19-9-15-26-27(16-8-17-28(26)30)29-18-10-22-36-38(29)31-13-4-6-20-34(31)47-36/h1-24,40-41,44H,(H,45,46). The molecule has 48 heavy (non-hydrogen) atoms. The van der Waals surface area contributed by atoms with Crippen LogP contribution in [0.4, 0.5) is 0 Å². The molecule has 0 aliphatic carbocycles. The lowest BCUT2D eigenvalue weighted by Gasteiger charge is -2.33. The third-order valence-electron chi connectivity index (χ3n) is 9.48. The van der Waals surface area contributed by atoms with E-state index >= 15 is 0 Å². The molecule has 0 radical (unpaired) electrons. The van der Waals surface area contributed by atoms with Crippen LogP contribution in [0.5, 0.6) is 0 Å². The molecule has 6 nitrogen and oxygen atoms in total. The van der Waals surface area contributed by atoms with Crippen LogP contribution in [0.25, 0.3) is 65.8 Å². The lowest BCUT2D eigenvalue weighted by molar-refractivity contribution is 0.411. The SMILES string of the molecule is c1ccc(C2N=C(c3cncc4oc5ccccc5c34)NC(c3cccc4c(-c5cccc6oc7ccccc7c56)cccc34)N2)cc1. The van der Waals surface area contributed by atoms with Gasteiger partial charge >= 0.3 is 0 Å². The molecule has 0 saturated carbocycles. The van der Waals surface area contributed by atoms with Crippen molar-refractivity contribution in [3.05, 3.63) is 163 Å². The average molecular weight is 621 g/mol. The molecule has 0 bridgehead atoms. The Hall–Kier alpha value is -6.24. The molecule has 9 aromatic rings. The predicted octanol–water partition coefficient (Wildman–Crippen LogP) is 10.0. The number of pyridine rings is 1. The number of hydrogen-bond acceptors (Lipinski definition) is 6. The van der Waals surface area contributed by atoms with Crippen LogP contribution in [0.15, 0.2) is 160 Å². The molecule has 0 saturated heterocycles. The maximum atomic E-state index is 6.26. The second-order valence-electron chi connectivity index (χ2n) is 12.2. The summed E-state index contributed by atoms with van der Waals surface area (Å²) < 4.78 is 12.5. The van der Waals surface area contributed by atoms with Crippen molar-refractivity contribution in [2.75, 3.05) is 0 Å². The number of hydrogen-bond donors (Lipinski definition) is 2. The van der Waals surface area contributed by atoms with Crippen molar-refractivity contribution in [3.63, 3.8) is 0 Å². The van der Waals surface area contributed by atoms with Gasteiger partial charge in [-0.3, -0.25) is 10.3 Å². The van der Waals surface area contributed by atoms with Crippen LogP contribution in [0, 0.1) is 0 Å². The van der Waals surface area contributed by atoms with Crippen molar-refractivity contribution in [3.8, 4) is 11.1 Å². The summed E-state index contributed by atoms with van der Waals surface area (Å²) in [4.78, 5) is 9.81. The van der Waals surface area contributed by atoms with Crippen molar-refractivity contribution in [1.29, 1.82) is 0 Å². The van der Waals surface area contributed by atoms with E-state index in [2.05, 4.69) is 113 Å². The van der Waals surface area contributed by atoms with Crippen molar-refractivity contribution in [2.45, 2.75) is 12.3 Å². The zero-order valence-corrected chi connectivity index (χ0v) is 25.7. The third-order valence-corrected chi connectivity index (χ3v) is 9.48. The number of nitrogens with zero attached hydrogens (tertiary/aromatic N) is 2. The van der Waals surface area contributed by atoms with Gasteiger partial charge in [0, 0.05) is 33.3 Å². The molecule has 1 aliphatic heterocycles. The Morgan fingerprint density at radius 3 is 1.94 bits per heavy atom. The van der Waals surface area contributed by atoms with Crippen LogP contribution < -0.4 is 10.6 Å². The predicted molar refractivity (Wildman–Crippen MR) is 193 cm³/mol. The Morgan fingerprint density at radius 2 is 1.10 bits per heavy atom. The fraction of sp³-hybridized carbons (Fsp3) is 0.0476. The van der Waals surface area contributed by atoms with Crippen molar-refractivity contribution in [1.82, 2.24) is 15.6 Å². The normalized spacial score (nSPS) is 16.5. The minimum Gasteiger partial charge on any atom is -0.456 e. The van der Waals surface area contributed by atoms with Gasteiger partial charge in [0.2, 0.25) is 0 Å². The van der Waals surface area contributed by atoms with Gasteiger partial charge in [0.25, 0.3) is 0 Å². The Morgan fingerprint density at radius 1 is 0.479 bits per heavy atom. The quantitative estimate of drug-likeness (QED) is 0.205. The Balaban J connectivity index is 1.15. The Kier molecular flexibility index (Phi) is 5.98. The maximum Gasteiger partial charge on any atom is 0.154 e. The number of fused-ring (bicyclic) bond motifs is 7. The molecule has 3 aromatic heterocycles. The van der Waals surface area contributed by atoms with E-state index in [-0.39, 0.29) is 12.3 Å². The molecular formula is C42H28N4O2. The van der Waals surface area contributed by atoms with Crippen LogP contribution in [-0.4, -0.2) is 10.8 Å². The molecule has 2 N–H and O–H groups in total. The van der Waals surface area contributed by atoms with Crippen LogP contribution in [0.3, 0.4) is 0 Å². The maximum absolute atomic E-state index is 6.26. The molecule has 0 spiro atoms. The van der Waals surface area contributed by atoms with E-state index in [9.17, 15) is 0 Å².